The monoisotopic (exact) mass is 311 g/mol. The molecule has 1 atom stereocenters. The van der Waals surface area contributed by atoms with Gasteiger partial charge >= 0.3 is 0 Å². The Labute approximate surface area is 138 Å². The lowest BCUT2D eigenvalue weighted by atomic mass is 9.84. The van der Waals surface area contributed by atoms with E-state index in [4.69, 9.17) is 4.74 Å². The van der Waals surface area contributed by atoms with Gasteiger partial charge in [-0.05, 0) is 35.6 Å². The summed E-state index contributed by atoms with van der Waals surface area (Å²) in [6.07, 6.45) is 1.84. The number of rotatable bonds is 7. The van der Waals surface area contributed by atoms with Gasteiger partial charge in [-0.25, -0.2) is 0 Å². The van der Waals surface area contributed by atoms with Crippen LogP contribution in [0.25, 0.3) is 11.1 Å². The molecule has 0 amide bonds. The van der Waals surface area contributed by atoms with Crippen LogP contribution in [0.1, 0.15) is 18.4 Å². The highest BCUT2D eigenvalue weighted by Crippen LogP contribution is 2.31. The quantitative estimate of drug-likeness (QED) is 0.825. The standard InChI is InChI=1S/C20H25NO2/c22-11-9-20(10-12-23-16-20)15-21-14-17-5-4-8-19(13-17)18-6-2-1-3-7-18/h1-8,13,21-22H,9-12,14-16H2. The van der Waals surface area contributed by atoms with Crippen molar-refractivity contribution in [3.05, 3.63) is 60.2 Å². The molecular formula is C20H25NO2. The highest BCUT2D eigenvalue weighted by molar-refractivity contribution is 5.63. The van der Waals surface area contributed by atoms with E-state index >= 15 is 0 Å². The van der Waals surface area contributed by atoms with Crippen molar-refractivity contribution >= 4 is 0 Å². The van der Waals surface area contributed by atoms with Crippen LogP contribution in [0.4, 0.5) is 0 Å². The first-order valence-corrected chi connectivity index (χ1v) is 8.35. The molecule has 1 aliphatic rings. The molecule has 0 aromatic heterocycles. The van der Waals surface area contributed by atoms with Crippen LogP contribution in [0.5, 0.6) is 0 Å². The zero-order valence-corrected chi connectivity index (χ0v) is 13.5. The SMILES string of the molecule is OCCC1(CNCc2cccc(-c3ccccc3)c2)CCOC1. The van der Waals surface area contributed by atoms with Gasteiger partial charge in [0.2, 0.25) is 0 Å². The second-order valence-electron chi connectivity index (χ2n) is 6.45. The molecule has 0 bridgehead atoms. The lowest BCUT2D eigenvalue weighted by molar-refractivity contribution is 0.124. The summed E-state index contributed by atoms with van der Waals surface area (Å²) in [5, 5.41) is 12.8. The molecule has 3 nitrogen and oxygen atoms in total. The van der Waals surface area contributed by atoms with Crippen LogP contribution in [0.3, 0.4) is 0 Å². The maximum absolute atomic E-state index is 9.29. The molecule has 0 spiro atoms. The second kappa shape index (κ2) is 7.73. The van der Waals surface area contributed by atoms with Crippen molar-refractivity contribution in [2.75, 3.05) is 26.4 Å². The van der Waals surface area contributed by atoms with Gasteiger partial charge in [0.25, 0.3) is 0 Å². The average molecular weight is 311 g/mol. The van der Waals surface area contributed by atoms with Crippen molar-refractivity contribution in [3.8, 4) is 11.1 Å². The number of ether oxygens (including phenoxy) is 1. The molecule has 3 heteroatoms. The van der Waals surface area contributed by atoms with E-state index in [2.05, 4.69) is 53.8 Å². The molecule has 122 valence electrons. The van der Waals surface area contributed by atoms with Crippen molar-refractivity contribution in [2.24, 2.45) is 5.41 Å². The minimum absolute atomic E-state index is 0.103. The molecule has 1 unspecified atom stereocenters. The molecule has 0 aliphatic carbocycles. The van der Waals surface area contributed by atoms with E-state index in [1.165, 1.54) is 16.7 Å². The Hall–Kier alpha value is -1.68. The van der Waals surface area contributed by atoms with Crippen molar-refractivity contribution in [1.29, 1.82) is 0 Å². The van der Waals surface area contributed by atoms with Crippen LogP contribution in [0, 0.1) is 5.41 Å². The van der Waals surface area contributed by atoms with E-state index in [0.717, 1.165) is 39.1 Å². The lowest BCUT2D eigenvalue weighted by Gasteiger charge is -2.27. The molecule has 2 aromatic rings. The van der Waals surface area contributed by atoms with Gasteiger partial charge in [0.1, 0.15) is 0 Å². The smallest absolute Gasteiger partial charge is 0.0536 e. The number of benzene rings is 2. The van der Waals surface area contributed by atoms with Crippen molar-refractivity contribution in [2.45, 2.75) is 19.4 Å². The molecule has 1 saturated heterocycles. The maximum atomic E-state index is 9.29. The molecule has 2 aromatic carbocycles. The van der Waals surface area contributed by atoms with Crippen LogP contribution >= 0.6 is 0 Å². The van der Waals surface area contributed by atoms with Gasteiger partial charge < -0.3 is 15.2 Å². The molecule has 1 heterocycles. The van der Waals surface area contributed by atoms with Gasteiger partial charge in [-0.2, -0.15) is 0 Å². The Balaban J connectivity index is 1.60. The summed E-state index contributed by atoms with van der Waals surface area (Å²) in [4.78, 5) is 0. The third kappa shape index (κ3) is 4.20. The number of aliphatic hydroxyl groups is 1. The third-order valence-corrected chi connectivity index (χ3v) is 4.69. The fraction of sp³-hybridized carbons (Fsp3) is 0.400. The highest BCUT2D eigenvalue weighted by Gasteiger charge is 2.33. The largest absolute Gasteiger partial charge is 0.396 e. The molecule has 2 N–H and O–H groups in total. The van der Waals surface area contributed by atoms with Gasteiger partial charge in [0, 0.05) is 31.7 Å². The summed E-state index contributed by atoms with van der Waals surface area (Å²) in [5.74, 6) is 0. The van der Waals surface area contributed by atoms with Gasteiger partial charge in [-0.3, -0.25) is 0 Å². The second-order valence-corrected chi connectivity index (χ2v) is 6.45. The summed E-state index contributed by atoms with van der Waals surface area (Å²) >= 11 is 0. The maximum Gasteiger partial charge on any atom is 0.0536 e. The number of nitrogens with one attached hydrogen (secondary N) is 1. The van der Waals surface area contributed by atoms with E-state index < -0.39 is 0 Å². The van der Waals surface area contributed by atoms with Crippen molar-refractivity contribution in [3.63, 3.8) is 0 Å². The third-order valence-electron chi connectivity index (χ3n) is 4.69. The molecule has 3 rings (SSSR count). The molecular weight excluding hydrogens is 286 g/mol. The van der Waals surface area contributed by atoms with Crippen molar-refractivity contribution in [1.82, 2.24) is 5.32 Å². The van der Waals surface area contributed by atoms with Crippen LogP contribution in [0.15, 0.2) is 54.6 Å². The number of aliphatic hydroxyl groups excluding tert-OH is 1. The predicted molar refractivity (Wildman–Crippen MR) is 93.2 cm³/mol. The van der Waals surface area contributed by atoms with Gasteiger partial charge in [-0.1, -0.05) is 48.5 Å². The van der Waals surface area contributed by atoms with Crippen LogP contribution in [-0.2, 0) is 11.3 Å². The van der Waals surface area contributed by atoms with Gasteiger partial charge in [0.05, 0.1) is 6.61 Å². The van der Waals surface area contributed by atoms with E-state index in [-0.39, 0.29) is 12.0 Å². The van der Waals surface area contributed by atoms with Gasteiger partial charge in [0.15, 0.2) is 0 Å². The Bertz CT molecular complexity index is 606. The number of hydrogen-bond donors (Lipinski definition) is 2. The summed E-state index contributed by atoms with van der Waals surface area (Å²) in [5.41, 5.74) is 3.88. The topological polar surface area (TPSA) is 41.5 Å². The predicted octanol–water partition coefficient (Wildman–Crippen LogP) is 3.23. The number of hydrogen-bond acceptors (Lipinski definition) is 3. The van der Waals surface area contributed by atoms with Crippen LogP contribution in [0.2, 0.25) is 0 Å². The minimum Gasteiger partial charge on any atom is -0.396 e. The normalized spacial score (nSPS) is 20.7. The zero-order chi connectivity index (χ0) is 16.0. The van der Waals surface area contributed by atoms with E-state index in [1.807, 2.05) is 6.07 Å². The summed E-state index contributed by atoms with van der Waals surface area (Å²) in [6, 6.07) is 19.1. The fourth-order valence-electron chi connectivity index (χ4n) is 3.28. The van der Waals surface area contributed by atoms with Gasteiger partial charge in [-0.15, -0.1) is 0 Å². The summed E-state index contributed by atoms with van der Waals surface area (Å²) in [7, 11) is 0. The molecule has 1 aliphatic heterocycles. The summed E-state index contributed by atoms with van der Waals surface area (Å²) in [6.45, 7) is 3.53. The zero-order valence-electron chi connectivity index (χ0n) is 13.5. The van der Waals surface area contributed by atoms with Crippen LogP contribution < -0.4 is 5.32 Å². The van der Waals surface area contributed by atoms with E-state index in [1.54, 1.807) is 0 Å². The van der Waals surface area contributed by atoms with Crippen LogP contribution in [-0.4, -0.2) is 31.5 Å². The molecule has 1 fully saturated rings. The Kier molecular flexibility index (Phi) is 5.44. The minimum atomic E-state index is 0.103. The summed E-state index contributed by atoms with van der Waals surface area (Å²) < 4.78 is 5.54. The molecule has 23 heavy (non-hydrogen) atoms. The average Bonchev–Trinajstić information content (AvgIpc) is 3.05. The Morgan fingerprint density at radius 3 is 2.61 bits per heavy atom. The first-order chi connectivity index (χ1) is 11.3. The molecule has 0 radical (unpaired) electrons. The first kappa shape index (κ1) is 16.2. The Morgan fingerprint density at radius 2 is 1.87 bits per heavy atom. The molecule has 0 saturated carbocycles. The lowest BCUT2D eigenvalue weighted by Crippen LogP contribution is -2.35. The highest BCUT2D eigenvalue weighted by atomic mass is 16.5. The first-order valence-electron chi connectivity index (χ1n) is 8.35. The fourth-order valence-corrected chi connectivity index (χ4v) is 3.28. The van der Waals surface area contributed by atoms with Crippen molar-refractivity contribution < 1.29 is 9.84 Å². The Morgan fingerprint density at radius 1 is 1.04 bits per heavy atom. The van der Waals surface area contributed by atoms with E-state index in [0.29, 0.717) is 0 Å². The van der Waals surface area contributed by atoms with E-state index in [9.17, 15) is 5.11 Å².